The Balaban J connectivity index is 2.86. The van der Waals surface area contributed by atoms with Crippen LogP contribution in [0, 0.1) is 12.3 Å². The van der Waals surface area contributed by atoms with Gasteiger partial charge in [-0.2, -0.15) is 0 Å². The molecule has 0 N–H and O–H groups in total. The molecule has 0 saturated heterocycles. The summed E-state index contributed by atoms with van der Waals surface area (Å²) in [4.78, 5) is 11.7. The maximum absolute atomic E-state index is 11.7. The summed E-state index contributed by atoms with van der Waals surface area (Å²) in [5, 5.41) is 0. The predicted molar refractivity (Wildman–Crippen MR) is 61.3 cm³/mol. The van der Waals surface area contributed by atoms with E-state index in [1.807, 2.05) is 6.92 Å². The van der Waals surface area contributed by atoms with E-state index in [1.54, 1.807) is 31.2 Å². The number of carbonyl (C=O) groups is 1. The van der Waals surface area contributed by atoms with Gasteiger partial charge in [0.05, 0.1) is 6.61 Å². The first-order chi connectivity index (χ1) is 7.69. The number of hydrogen-bond acceptors (Lipinski definition) is 3. The van der Waals surface area contributed by atoms with Gasteiger partial charge in [-0.15, -0.1) is 6.42 Å². The van der Waals surface area contributed by atoms with E-state index in [-0.39, 0.29) is 0 Å². The average Bonchev–Trinajstić information content (AvgIpc) is 2.30. The van der Waals surface area contributed by atoms with Crippen molar-refractivity contribution in [2.45, 2.75) is 20.0 Å². The van der Waals surface area contributed by atoms with Crippen molar-refractivity contribution in [1.82, 2.24) is 0 Å². The van der Waals surface area contributed by atoms with Gasteiger partial charge in [-0.05, 0) is 26.0 Å². The zero-order chi connectivity index (χ0) is 12.0. The maximum atomic E-state index is 11.7. The van der Waals surface area contributed by atoms with Crippen LogP contribution in [-0.4, -0.2) is 18.7 Å². The van der Waals surface area contributed by atoms with Gasteiger partial charge in [0.25, 0.3) is 0 Å². The topological polar surface area (TPSA) is 35.5 Å². The Morgan fingerprint density at radius 1 is 1.50 bits per heavy atom. The molecule has 0 amide bonds. The summed E-state index contributed by atoms with van der Waals surface area (Å²) < 4.78 is 10.3. The quantitative estimate of drug-likeness (QED) is 0.574. The van der Waals surface area contributed by atoms with E-state index in [0.717, 1.165) is 0 Å². The molecule has 0 spiro atoms. The number of esters is 1. The standard InChI is InChI=1S/C13H14O3/c1-4-10(3)16-13(14)11-8-6-7-9-12(11)15-5-2/h1,6-10H,5H2,2-3H3/t10-/m0/s1. The molecule has 0 heterocycles. The van der Waals surface area contributed by atoms with Crippen molar-refractivity contribution in [3.63, 3.8) is 0 Å². The fraction of sp³-hybridized carbons (Fsp3) is 0.308. The Bertz CT molecular complexity index is 404. The Morgan fingerprint density at radius 3 is 2.81 bits per heavy atom. The zero-order valence-corrected chi connectivity index (χ0v) is 9.40. The molecule has 3 nitrogen and oxygen atoms in total. The van der Waals surface area contributed by atoms with Crippen LogP contribution in [0.25, 0.3) is 0 Å². The molecule has 0 fully saturated rings. The summed E-state index contributed by atoms with van der Waals surface area (Å²) >= 11 is 0. The second-order valence-corrected chi connectivity index (χ2v) is 3.14. The molecular formula is C13H14O3. The van der Waals surface area contributed by atoms with Crippen LogP contribution in [0.1, 0.15) is 24.2 Å². The molecule has 1 aromatic carbocycles. The highest BCUT2D eigenvalue weighted by Crippen LogP contribution is 2.19. The van der Waals surface area contributed by atoms with Gasteiger partial charge in [-0.1, -0.05) is 18.1 Å². The molecular weight excluding hydrogens is 204 g/mol. The lowest BCUT2D eigenvalue weighted by Crippen LogP contribution is -2.14. The number of para-hydroxylation sites is 1. The monoisotopic (exact) mass is 218 g/mol. The van der Waals surface area contributed by atoms with Crippen LogP contribution >= 0.6 is 0 Å². The first kappa shape index (κ1) is 12.1. The van der Waals surface area contributed by atoms with Gasteiger partial charge in [0.15, 0.2) is 6.10 Å². The van der Waals surface area contributed by atoms with E-state index >= 15 is 0 Å². The number of hydrogen-bond donors (Lipinski definition) is 0. The third kappa shape index (κ3) is 3.03. The van der Waals surface area contributed by atoms with Crippen LogP contribution in [-0.2, 0) is 4.74 Å². The van der Waals surface area contributed by atoms with Crippen molar-refractivity contribution in [3.8, 4) is 18.1 Å². The molecule has 0 bridgehead atoms. The van der Waals surface area contributed by atoms with E-state index in [1.165, 1.54) is 0 Å². The molecule has 3 heteroatoms. The fourth-order valence-electron chi connectivity index (χ4n) is 1.17. The van der Waals surface area contributed by atoms with Gasteiger partial charge < -0.3 is 9.47 Å². The van der Waals surface area contributed by atoms with E-state index in [4.69, 9.17) is 15.9 Å². The molecule has 1 rings (SSSR count). The van der Waals surface area contributed by atoms with Crippen molar-refractivity contribution < 1.29 is 14.3 Å². The molecule has 0 aliphatic rings. The summed E-state index contributed by atoms with van der Waals surface area (Å²) in [5.41, 5.74) is 0.395. The largest absolute Gasteiger partial charge is 0.493 e. The van der Waals surface area contributed by atoms with E-state index in [9.17, 15) is 4.79 Å². The molecule has 1 atom stereocenters. The molecule has 0 radical (unpaired) electrons. The van der Waals surface area contributed by atoms with E-state index < -0.39 is 12.1 Å². The Kier molecular flexibility index (Phi) is 4.41. The van der Waals surface area contributed by atoms with Gasteiger partial charge in [0, 0.05) is 0 Å². The van der Waals surface area contributed by atoms with Crippen molar-refractivity contribution in [2.24, 2.45) is 0 Å². The molecule has 0 aliphatic carbocycles. The smallest absolute Gasteiger partial charge is 0.343 e. The highest BCUT2D eigenvalue weighted by Gasteiger charge is 2.14. The summed E-state index contributed by atoms with van der Waals surface area (Å²) in [6, 6.07) is 6.92. The molecule has 0 unspecified atom stereocenters. The average molecular weight is 218 g/mol. The zero-order valence-electron chi connectivity index (χ0n) is 9.40. The van der Waals surface area contributed by atoms with Crippen molar-refractivity contribution in [1.29, 1.82) is 0 Å². The number of benzene rings is 1. The minimum absolute atomic E-state index is 0.395. The molecule has 0 aliphatic heterocycles. The first-order valence-electron chi connectivity index (χ1n) is 5.08. The maximum Gasteiger partial charge on any atom is 0.343 e. The summed E-state index contributed by atoms with van der Waals surface area (Å²) in [6.07, 6.45) is 4.60. The Morgan fingerprint density at radius 2 is 2.19 bits per heavy atom. The lowest BCUT2D eigenvalue weighted by molar-refractivity contribution is 0.0434. The van der Waals surface area contributed by atoms with Crippen LogP contribution in [0.4, 0.5) is 0 Å². The second-order valence-electron chi connectivity index (χ2n) is 3.14. The van der Waals surface area contributed by atoms with E-state index in [0.29, 0.717) is 17.9 Å². The van der Waals surface area contributed by atoms with Crippen LogP contribution in [0.2, 0.25) is 0 Å². The van der Waals surface area contributed by atoms with Crippen LogP contribution in [0.3, 0.4) is 0 Å². The minimum atomic E-state index is -0.540. The molecule has 84 valence electrons. The number of ether oxygens (including phenoxy) is 2. The number of terminal acetylenes is 1. The van der Waals surface area contributed by atoms with Gasteiger partial charge in [0.1, 0.15) is 11.3 Å². The molecule has 16 heavy (non-hydrogen) atoms. The highest BCUT2D eigenvalue weighted by atomic mass is 16.5. The molecule has 1 aromatic rings. The SMILES string of the molecule is C#C[C@H](C)OC(=O)c1ccccc1OCC. The number of rotatable bonds is 4. The van der Waals surface area contributed by atoms with Crippen LogP contribution in [0.15, 0.2) is 24.3 Å². The third-order valence-corrected chi connectivity index (χ3v) is 1.93. The lowest BCUT2D eigenvalue weighted by Gasteiger charge is -2.11. The molecule has 0 aromatic heterocycles. The van der Waals surface area contributed by atoms with Crippen molar-refractivity contribution in [3.05, 3.63) is 29.8 Å². The van der Waals surface area contributed by atoms with Crippen molar-refractivity contribution in [2.75, 3.05) is 6.61 Å². The second kappa shape index (κ2) is 5.82. The fourth-order valence-corrected chi connectivity index (χ4v) is 1.17. The van der Waals surface area contributed by atoms with Gasteiger partial charge in [-0.3, -0.25) is 0 Å². The van der Waals surface area contributed by atoms with Gasteiger partial charge >= 0.3 is 5.97 Å². The van der Waals surface area contributed by atoms with Crippen LogP contribution in [0.5, 0.6) is 5.75 Å². The summed E-state index contributed by atoms with van der Waals surface area (Å²) in [6.45, 7) is 3.99. The Hall–Kier alpha value is -1.95. The first-order valence-corrected chi connectivity index (χ1v) is 5.08. The lowest BCUT2D eigenvalue weighted by atomic mass is 10.2. The van der Waals surface area contributed by atoms with Crippen LogP contribution < -0.4 is 4.74 Å². The normalized spacial score (nSPS) is 11.3. The predicted octanol–water partition coefficient (Wildman–Crippen LogP) is 2.26. The Labute approximate surface area is 95.4 Å². The van der Waals surface area contributed by atoms with Crippen molar-refractivity contribution >= 4 is 5.97 Å². The molecule has 0 saturated carbocycles. The summed E-state index contributed by atoms with van der Waals surface area (Å²) in [5.74, 6) is 2.38. The van der Waals surface area contributed by atoms with Gasteiger partial charge in [0.2, 0.25) is 0 Å². The number of carbonyl (C=O) groups excluding carboxylic acids is 1. The van der Waals surface area contributed by atoms with E-state index in [2.05, 4.69) is 5.92 Å². The summed E-state index contributed by atoms with van der Waals surface area (Å²) in [7, 11) is 0. The third-order valence-electron chi connectivity index (χ3n) is 1.93. The highest BCUT2D eigenvalue weighted by molar-refractivity contribution is 5.92. The van der Waals surface area contributed by atoms with Gasteiger partial charge in [-0.25, -0.2) is 4.79 Å². The minimum Gasteiger partial charge on any atom is -0.493 e.